The summed E-state index contributed by atoms with van der Waals surface area (Å²) in [7, 11) is 0. The normalized spacial score (nSPS) is 17.1. The average molecular weight is 389 g/mol. The third-order valence-electron chi connectivity index (χ3n) is 4.88. The van der Waals surface area contributed by atoms with Crippen molar-refractivity contribution in [1.29, 1.82) is 0 Å². The Hall–Kier alpha value is -1.88. The van der Waals surface area contributed by atoms with Gasteiger partial charge in [-0.2, -0.15) is 0 Å². The largest absolute Gasteiger partial charge is 0.374 e. The molecule has 27 heavy (non-hydrogen) atoms. The fourth-order valence-electron chi connectivity index (χ4n) is 3.34. The van der Waals surface area contributed by atoms with E-state index in [1.807, 2.05) is 60.7 Å². The number of hydrogen-bond donors (Lipinski definition) is 2. The molecule has 5 heteroatoms. The van der Waals surface area contributed by atoms with Gasteiger partial charge in [-0.3, -0.25) is 4.79 Å². The lowest BCUT2D eigenvalue weighted by Crippen LogP contribution is -2.31. The lowest BCUT2D eigenvalue weighted by atomic mass is 10.0. The maximum atomic E-state index is 12.4. The first-order valence-corrected chi connectivity index (χ1v) is 9.48. The fraction of sp³-hybridized carbons (Fsp3) is 0.409. The molecule has 0 aliphatic carbocycles. The number of amides is 1. The second-order valence-corrected chi connectivity index (χ2v) is 6.93. The summed E-state index contributed by atoms with van der Waals surface area (Å²) in [6, 6.07) is 20.0. The fourth-order valence-corrected chi connectivity index (χ4v) is 3.34. The molecule has 2 atom stereocenters. The average Bonchev–Trinajstić information content (AvgIpc) is 3.21. The van der Waals surface area contributed by atoms with Crippen LogP contribution in [0.3, 0.4) is 0 Å². The highest BCUT2D eigenvalue weighted by atomic mass is 35.5. The Morgan fingerprint density at radius 1 is 1.11 bits per heavy atom. The van der Waals surface area contributed by atoms with E-state index < -0.39 is 0 Å². The van der Waals surface area contributed by atoms with Crippen LogP contribution in [0.25, 0.3) is 0 Å². The summed E-state index contributed by atoms with van der Waals surface area (Å²) in [6.45, 7) is 3.13. The quantitative estimate of drug-likeness (QED) is 0.685. The van der Waals surface area contributed by atoms with Gasteiger partial charge in [-0.15, -0.1) is 12.4 Å². The molecular weight excluding hydrogens is 360 g/mol. The number of carbonyl (C=O) groups is 1. The van der Waals surface area contributed by atoms with E-state index in [4.69, 9.17) is 4.74 Å². The SMILES string of the molecule is Cl.O=C(CCC1CCNC1)NC(COCc1ccccc1)c1ccccc1. The molecular formula is C22H29ClN2O2. The summed E-state index contributed by atoms with van der Waals surface area (Å²) in [6.07, 6.45) is 2.70. The number of benzene rings is 2. The van der Waals surface area contributed by atoms with Crippen LogP contribution < -0.4 is 10.6 Å². The molecule has 0 bridgehead atoms. The minimum atomic E-state index is -0.117. The summed E-state index contributed by atoms with van der Waals surface area (Å²) in [5.74, 6) is 0.735. The predicted molar refractivity (Wildman–Crippen MR) is 111 cm³/mol. The molecule has 0 radical (unpaired) electrons. The molecule has 1 heterocycles. The van der Waals surface area contributed by atoms with Gasteiger partial charge in [0.1, 0.15) is 0 Å². The van der Waals surface area contributed by atoms with Gasteiger partial charge in [0, 0.05) is 6.42 Å². The Bertz CT molecular complexity index is 661. The van der Waals surface area contributed by atoms with E-state index in [1.54, 1.807) is 0 Å². The minimum Gasteiger partial charge on any atom is -0.374 e. The molecule has 2 aromatic carbocycles. The van der Waals surface area contributed by atoms with Gasteiger partial charge in [-0.25, -0.2) is 0 Å². The molecule has 0 aromatic heterocycles. The minimum absolute atomic E-state index is 0. The molecule has 1 aliphatic heterocycles. The molecule has 4 nitrogen and oxygen atoms in total. The van der Waals surface area contributed by atoms with E-state index in [0.29, 0.717) is 25.6 Å². The molecule has 146 valence electrons. The molecule has 0 saturated carbocycles. The highest BCUT2D eigenvalue weighted by Crippen LogP contribution is 2.17. The van der Waals surface area contributed by atoms with Gasteiger partial charge in [0.2, 0.25) is 5.91 Å². The van der Waals surface area contributed by atoms with Crippen molar-refractivity contribution < 1.29 is 9.53 Å². The van der Waals surface area contributed by atoms with Crippen LogP contribution in [0.5, 0.6) is 0 Å². The predicted octanol–water partition coefficient (Wildman–Crippen LogP) is 3.87. The highest BCUT2D eigenvalue weighted by Gasteiger charge is 2.18. The van der Waals surface area contributed by atoms with Crippen LogP contribution in [-0.4, -0.2) is 25.6 Å². The third kappa shape index (κ3) is 7.33. The molecule has 1 fully saturated rings. The molecule has 1 aliphatic rings. The molecule has 0 spiro atoms. The zero-order valence-electron chi connectivity index (χ0n) is 15.6. The van der Waals surface area contributed by atoms with E-state index in [1.165, 1.54) is 6.42 Å². The van der Waals surface area contributed by atoms with Crippen molar-refractivity contribution in [1.82, 2.24) is 10.6 Å². The second-order valence-electron chi connectivity index (χ2n) is 6.93. The Kier molecular flexibility index (Phi) is 9.32. The van der Waals surface area contributed by atoms with E-state index in [2.05, 4.69) is 10.6 Å². The molecule has 2 aromatic rings. The highest BCUT2D eigenvalue weighted by molar-refractivity contribution is 5.85. The third-order valence-corrected chi connectivity index (χ3v) is 4.88. The van der Waals surface area contributed by atoms with Crippen LogP contribution >= 0.6 is 12.4 Å². The maximum Gasteiger partial charge on any atom is 0.220 e. The van der Waals surface area contributed by atoms with Gasteiger partial charge in [0.05, 0.1) is 19.3 Å². The smallest absolute Gasteiger partial charge is 0.220 e. The first-order valence-electron chi connectivity index (χ1n) is 9.48. The molecule has 1 amide bonds. The van der Waals surface area contributed by atoms with Gasteiger partial charge < -0.3 is 15.4 Å². The Labute approximate surface area is 168 Å². The zero-order chi connectivity index (χ0) is 18.0. The van der Waals surface area contributed by atoms with Gasteiger partial charge in [-0.1, -0.05) is 60.7 Å². The standard InChI is InChI=1S/C22H28N2O2.ClH/c25-22(12-11-18-13-14-23-15-18)24-21(20-9-5-2-6-10-20)17-26-16-19-7-3-1-4-8-19;/h1-10,18,21,23H,11-17H2,(H,24,25);1H. The molecule has 3 rings (SSSR count). The summed E-state index contributed by atoms with van der Waals surface area (Å²) in [5.41, 5.74) is 2.22. The number of carbonyl (C=O) groups excluding carboxylic acids is 1. The molecule has 2 unspecified atom stereocenters. The Balaban J connectivity index is 0.00000261. The van der Waals surface area contributed by atoms with E-state index in [9.17, 15) is 4.79 Å². The van der Waals surface area contributed by atoms with Gasteiger partial charge >= 0.3 is 0 Å². The van der Waals surface area contributed by atoms with E-state index >= 15 is 0 Å². The van der Waals surface area contributed by atoms with Gasteiger partial charge in [0.25, 0.3) is 0 Å². The zero-order valence-corrected chi connectivity index (χ0v) is 16.4. The number of ether oxygens (including phenoxy) is 1. The molecule has 1 saturated heterocycles. The van der Waals surface area contributed by atoms with Crippen molar-refractivity contribution in [2.24, 2.45) is 5.92 Å². The van der Waals surface area contributed by atoms with Gasteiger partial charge in [0.15, 0.2) is 0 Å². The number of halogens is 1. The van der Waals surface area contributed by atoms with Crippen LogP contribution in [0.15, 0.2) is 60.7 Å². The number of rotatable bonds is 9. The lowest BCUT2D eigenvalue weighted by Gasteiger charge is -2.20. The Morgan fingerprint density at radius 2 is 1.81 bits per heavy atom. The van der Waals surface area contributed by atoms with Crippen molar-refractivity contribution in [2.45, 2.75) is 31.9 Å². The number of hydrogen-bond acceptors (Lipinski definition) is 3. The molecule has 2 N–H and O–H groups in total. The first-order chi connectivity index (χ1) is 12.8. The van der Waals surface area contributed by atoms with Gasteiger partial charge in [-0.05, 0) is 43.0 Å². The van der Waals surface area contributed by atoms with Crippen molar-refractivity contribution in [3.05, 3.63) is 71.8 Å². The summed E-state index contributed by atoms with van der Waals surface area (Å²) in [4.78, 5) is 12.4. The summed E-state index contributed by atoms with van der Waals surface area (Å²) in [5, 5.41) is 6.51. The van der Waals surface area contributed by atoms with Crippen molar-refractivity contribution in [3.63, 3.8) is 0 Å². The van der Waals surface area contributed by atoms with Crippen LogP contribution in [0, 0.1) is 5.92 Å². The maximum absolute atomic E-state index is 12.4. The topological polar surface area (TPSA) is 50.4 Å². The van der Waals surface area contributed by atoms with E-state index in [-0.39, 0.29) is 24.4 Å². The Morgan fingerprint density at radius 3 is 2.48 bits per heavy atom. The van der Waals surface area contributed by atoms with Crippen molar-refractivity contribution >= 4 is 18.3 Å². The van der Waals surface area contributed by atoms with Crippen LogP contribution in [-0.2, 0) is 16.1 Å². The van der Waals surface area contributed by atoms with E-state index in [0.717, 1.165) is 30.6 Å². The lowest BCUT2D eigenvalue weighted by molar-refractivity contribution is -0.122. The summed E-state index contributed by atoms with van der Waals surface area (Å²) >= 11 is 0. The monoisotopic (exact) mass is 388 g/mol. The van der Waals surface area contributed by atoms with Crippen LogP contribution in [0.4, 0.5) is 0 Å². The first kappa shape index (κ1) is 21.4. The van der Waals surface area contributed by atoms with Crippen molar-refractivity contribution in [2.75, 3.05) is 19.7 Å². The van der Waals surface area contributed by atoms with Crippen LogP contribution in [0.1, 0.15) is 36.4 Å². The van der Waals surface area contributed by atoms with Crippen molar-refractivity contribution in [3.8, 4) is 0 Å². The number of nitrogens with one attached hydrogen (secondary N) is 2. The van der Waals surface area contributed by atoms with Crippen LogP contribution in [0.2, 0.25) is 0 Å². The second kappa shape index (κ2) is 11.8. The summed E-state index contributed by atoms with van der Waals surface area (Å²) < 4.78 is 5.89.